The molecule has 0 unspecified atom stereocenters. The molecule has 0 aliphatic rings. The molecule has 0 aliphatic heterocycles. The Morgan fingerprint density at radius 3 is 2.53 bits per heavy atom. The van der Waals surface area contributed by atoms with E-state index >= 15 is 0 Å². The molecule has 0 aromatic carbocycles. The van der Waals surface area contributed by atoms with Crippen LogP contribution in [0.2, 0.25) is 0 Å². The molecule has 15 heavy (non-hydrogen) atoms. The largest absolute Gasteiger partial charge is 0.382 e. The van der Waals surface area contributed by atoms with Crippen LogP contribution in [0.5, 0.6) is 0 Å². The summed E-state index contributed by atoms with van der Waals surface area (Å²) >= 11 is 0. The van der Waals surface area contributed by atoms with E-state index in [1.54, 1.807) is 7.11 Å². The van der Waals surface area contributed by atoms with Crippen LogP contribution in [0.4, 0.5) is 0 Å². The molecule has 0 atom stereocenters. The van der Waals surface area contributed by atoms with Gasteiger partial charge < -0.3 is 14.8 Å². The molecule has 0 bridgehead atoms. The maximum atomic E-state index is 10.5. The minimum atomic E-state index is -3.34. The molecule has 0 amide bonds. The van der Waals surface area contributed by atoms with Crippen LogP contribution in [0.25, 0.3) is 0 Å². The van der Waals surface area contributed by atoms with Crippen molar-refractivity contribution < 1.29 is 17.9 Å². The van der Waals surface area contributed by atoms with Crippen molar-refractivity contribution in [3.05, 3.63) is 0 Å². The molecule has 92 valence electrons. The average molecular weight is 240 g/mol. The number of nitrogens with two attached hydrogens (primary N) is 1. The lowest BCUT2D eigenvalue weighted by molar-refractivity contribution is 0.0695. The normalized spacial score (nSPS) is 11.9. The lowest BCUT2D eigenvalue weighted by Gasteiger charge is -2.04. The molecule has 0 rings (SSSR count). The molecule has 0 aromatic heterocycles. The molecule has 7 heteroatoms. The summed E-state index contributed by atoms with van der Waals surface area (Å²) in [6.07, 6.45) is 0.842. The van der Waals surface area contributed by atoms with Crippen molar-refractivity contribution in [2.45, 2.75) is 6.42 Å². The zero-order valence-electron chi connectivity index (χ0n) is 9.07. The number of primary sulfonamides is 1. The molecular weight excluding hydrogens is 220 g/mol. The Morgan fingerprint density at radius 1 is 1.20 bits per heavy atom. The Balaban J connectivity index is 3.06. The second-order valence-electron chi connectivity index (χ2n) is 3.08. The van der Waals surface area contributed by atoms with Crippen LogP contribution in [0.3, 0.4) is 0 Å². The summed E-state index contributed by atoms with van der Waals surface area (Å²) in [6, 6.07) is 0. The number of nitrogens with one attached hydrogen (secondary N) is 1. The van der Waals surface area contributed by atoms with E-state index in [9.17, 15) is 8.42 Å². The number of methoxy groups -OCH3 is 1. The smallest absolute Gasteiger partial charge is 0.210 e. The first-order valence-corrected chi connectivity index (χ1v) is 6.55. The quantitative estimate of drug-likeness (QED) is 0.474. The van der Waals surface area contributed by atoms with Crippen LogP contribution in [0.1, 0.15) is 6.42 Å². The Morgan fingerprint density at radius 2 is 1.93 bits per heavy atom. The highest BCUT2D eigenvalue weighted by Crippen LogP contribution is 1.82. The van der Waals surface area contributed by atoms with Crippen LogP contribution in [0, 0.1) is 0 Å². The first-order valence-electron chi connectivity index (χ1n) is 4.84. The minimum absolute atomic E-state index is 0.0302. The standard InChI is InChI=1S/C8H20N2O4S/c1-13-6-7-14-5-2-3-10-4-8-15(9,11)12/h10H,2-8H2,1H3,(H2,9,11,12). The van der Waals surface area contributed by atoms with Gasteiger partial charge in [0, 0.05) is 20.3 Å². The van der Waals surface area contributed by atoms with Crippen LogP contribution < -0.4 is 10.5 Å². The van der Waals surface area contributed by atoms with Gasteiger partial charge in [0.15, 0.2) is 0 Å². The van der Waals surface area contributed by atoms with E-state index in [-0.39, 0.29) is 5.75 Å². The molecule has 0 radical (unpaired) electrons. The molecule has 0 aromatic rings. The third-order valence-corrected chi connectivity index (χ3v) is 2.41. The zero-order valence-corrected chi connectivity index (χ0v) is 9.88. The van der Waals surface area contributed by atoms with Crippen molar-refractivity contribution in [1.29, 1.82) is 0 Å². The number of hydrogen-bond acceptors (Lipinski definition) is 5. The second kappa shape index (κ2) is 9.05. The first-order chi connectivity index (χ1) is 7.06. The third kappa shape index (κ3) is 13.8. The maximum absolute atomic E-state index is 10.5. The summed E-state index contributed by atoms with van der Waals surface area (Å²) in [6.45, 7) is 2.94. The molecular formula is C8H20N2O4S. The lowest BCUT2D eigenvalue weighted by atomic mass is 10.4. The Labute approximate surface area is 91.2 Å². The molecule has 6 nitrogen and oxygen atoms in total. The summed E-state index contributed by atoms with van der Waals surface area (Å²) in [5.74, 6) is -0.0302. The van der Waals surface area contributed by atoms with E-state index in [1.807, 2.05) is 0 Å². The highest BCUT2D eigenvalue weighted by Gasteiger charge is 2.00. The molecule has 0 heterocycles. The van der Waals surface area contributed by atoms with Crippen LogP contribution in [-0.2, 0) is 19.5 Å². The molecule has 0 saturated heterocycles. The van der Waals surface area contributed by atoms with E-state index < -0.39 is 10.0 Å². The van der Waals surface area contributed by atoms with Crippen LogP contribution in [0.15, 0.2) is 0 Å². The van der Waals surface area contributed by atoms with E-state index in [0.29, 0.717) is 26.4 Å². The van der Waals surface area contributed by atoms with Gasteiger partial charge in [-0.1, -0.05) is 0 Å². The zero-order chi connectivity index (χ0) is 11.6. The molecule has 0 fully saturated rings. The fourth-order valence-electron chi connectivity index (χ4n) is 0.883. The monoisotopic (exact) mass is 240 g/mol. The van der Waals surface area contributed by atoms with E-state index in [2.05, 4.69) is 5.32 Å². The molecule has 0 spiro atoms. The average Bonchev–Trinajstić information content (AvgIpc) is 2.14. The topological polar surface area (TPSA) is 90.7 Å². The van der Waals surface area contributed by atoms with E-state index in [0.717, 1.165) is 13.0 Å². The second-order valence-corrected chi connectivity index (χ2v) is 4.81. The van der Waals surface area contributed by atoms with Crippen molar-refractivity contribution in [2.75, 3.05) is 45.8 Å². The number of rotatable bonds is 10. The fraction of sp³-hybridized carbons (Fsp3) is 1.00. The number of ether oxygens (including phenoxy) is 2. The van der Waals surface area contributed by atoms with Gasteiger partial charge in [-0.05, 0) is 13.0 Å². The summed E-state index contributed by atoms with van der Waals surface area (Å²) in [5, 5.41) is 7.79. The van der Waals surface area contributed by atoms with Gasteiger partial charge in [0.1, 0.15) is 0 Å². The predicted molar refractivity (Wildman–Crippen MR) is 58.2 cm³/mol. The highest BCUT2D eigenvalue weighted by molar-refractivity contribution is 7.89. The minimum Gasteiger partial charge on any atom is -0.382 e. The fourth-order valence-corrected chi connectivity index (χ4v) is 1.31. The summed E-state index contributed by atoms with van der Waals surface area (Å²) in [7, 11) is -1.72. The number of hydrogen-bond donors (Lipinski definition) is 2. The lowest BCUT2D eigenvalue weighted by Crippen LogP contribution is -2.28. The van der Waals surface area contributed by atoms with Gasteiger partial charge in [0.05, 0.1) is 19.0 Å². The van der Waals surface area contributed by atoms with Crippen molar-refractivity contribution >= 4 is 10.0 Å². The Kier molecular flexibility index (Phi) is 8.92. The summed E-state index contributed by atoms with van der Waals surface area (Å²) in [4.78, 5) is 0. The van der Waals surface area contributed by atoms with Gasteiger partial charge in [-0.3, -0.25) is 0 Å². The van der Waals surface area contributed by atoms with Gasteiger partial charge >= 0.3 is 0 Å². The van der Waals surface area contributed by atoms with Crippen molar-refractivity contribution in [2.24, 2.45) is 5.14 Å². The van der Waals surface area contributed by atoms with Crippen molar-refractivity contribution in [3.63, 3.8) is 0 Å². The van der Waals surface area contributed by atoms with Crippen molar-refractivity contribution in [3.8, 4) is 0 Å². The third-order valence-electron chi connectivity index (χ3n) is 1.64. The van der Waals surface area contributed by atoms with Crippen LogP contribution in [-0.4, -0.2) is 54.2 Å². The van der Waals surface area contributed by atoms with E-state index in [1.165, 1.54) is 0 Å². The highest BCUT2D eigenvalue weighted by atomic mass is 32.2. The maximum Gasteiger partial charge on any atom is 0.210 e. The SMILES string of the molecule is COCCOCCCNCCS(N)(=O)=O. The van der Waals surface area contributed by atoms with Crippen molar-refractivity contribution in [1.82, 2.24) is 5.32 Å². The van der Waals surface area contributed by atoms with E-state index in [4.69, 9.17) is 14.6 Å². The summed E-state index contributed by atoms with van der Waals surface area (Å²) in [5.41, 5.74) is 0. The summed E-state index contributed by atoms with van der Waals surface area (Å²) < 4.78 is 31.1. The van der Waals surface area contributed by atoms with Gasteiger partial charge in [0.2, 0.25) is 10.0 Å². The van der Waals surface area contributed by atoms with Gasteiger partial charge in [0.25, 0.3) is 0 Å². The molecule has 0 aliphatic carbocycles. The van der Waals surface area contributed by atoms with Crippen LogP contribution >= 0.6 is 0 Å². The van der Waals surface area contributed by atoms with Gasteiger partial charge in [-0.15, -0.1) is 0 Å². The predicted octanol–water partition coefficient (Wildman–Crippen LogP) is -1.08. The Bertz CT molecular complexity index is 231. The van der Waals surface area contributed by atoms with Gasteiger partial charge in [-0.2, -0.15) is 0 Å². The Hall–Kier alpha value is -0.210. The molecule has 3 N–H and O–H groups in total. The first kappa shape index (κ1) is 14.8. The van der Waals surface area contributed by atoms with Gasteiger partial charge in [-0.25, -0.2) is 13.6 Å². The molecule has 0 saturated carbocycles. The number of sulfonamides is 1.